The number of aromatic nitrogens is 2. The summed E-state index contributed by atoms with van der Waals surface area (Å²) in [6.07, 6.45) is 2.50. The molecule has 1 aromatic heterocycles. The number of carbonyl (C=O) groups excluding carboxylic acids is 1. The quantitative estimate of drug-likeness (QED) is 0.655. The molecular formula is C10H6F2N4O3. The predicted molar refractivity (Wildman–Crippen MR) is 59.6 cm³/mol. The van der Waals surface area contributed by atoms with Crippen molar-refractivity contribution < 1.29 is 18.5 Å². The number of H-pyrrole nitrogens is 1. The fourth-order valence-electron chi connectivity index (χ4n) is 1.40. The summed E-state index contributed by atoms with van der Waals surface area (Å²) in [4.78, 5) is 21.2. The van der Waals surface area contributed by atoms with Crippen molar-refractivity contribution in [3.8, 4) is 0 Å². The zero-order valence-electron chi connectivity index (χ0n) is 9.18. The lowest BCUT2D eigenvalue weighted by molar-refractivity contribution is -0.387. The number of nitro groups is 1. The van der Waals surface area contributed by atoms with Crippen molar-refractivity contribution in [1.82, 2.24) is 10.2 Å². The minimum Gasteiger partial charge on any atom is -0.319 e. The number of benzene rings is 1. The summed E-state index contributed by atoms with van der Waals surface area (Å²) in [7, 11) is 0. The van der Waals surface area contributed by atoms with E-state index in [1.165, 1.54) is 12.4 Å². The first-order valence-electron chi connectivity index (χ1n) is 4.93. The standard InChI is InChI=1S/C10H6F2N4O3/c11-6-1-2-7(16(18)19)9(12)8(6)10(17)15-5-3-13-14-4-5/h1-4H,(H,13,14)(H,15,17). The van der Waals surface area contributed by atoms with Crippen LogP contribution in [-0.4, -0.2) is 21.0 Å². The zero-order valence-corrected chi connectivity index (χ0v) is 9.18. The predicted octanol–water partition coefficient (Wildman–Crippen LogP) is 1.85. The number of hydrogen-bond acceptors (Lipinski definition) is 4. The van der Waals surface area contributed by atoms with Gasteiger partial charge in [-0.3, -0.25) is 20.0 Å². The number of hydrogen-bond donors (Lipinski definition) is 2. The van der Waals surface area contributed by atoms with Crippen LogP contribution in [0.5, 0.6) is 0 Å². The first-order valence-corrected chi connectivity index (χ1v) is 4.93. The lowest BCUT2D eigenvalue weighted by Gasteiger charge is -2.05. The minimum absolute atomic E-state index is 0.176. The maximum absolute atomic E-state index is 13.7. The van der Waals surface area contributed by atoms with Crippen molar-refractivity contribution in [2.45, 2.75) is 0 Å². The van der Waals surface area contributed by atoms with Crippen LogP contribution in [0, 0.1) is 21.7 Å². The Bertz CT molecular complexity index is 642. The van der Waals surface area contributed by atoms with Crippen LogP contribution < -0.4 is 5.32 Å². The second kappa shape index (κ2) is 4.80. The molecule has 0 aliphatic carbocycles. The van der Waals surface area contributed by atoms with Crippen LogP contribution in [0.25, 0.3) is 0 Å². The summed E-state index contributed by atoms with van der Waals surface area (Å²) in [6, 6.07) is 1.31. The third-order valence-corrected chi connectivity index (χ3v) is 2.25. The van der Waals surface area contributed by atoms with Gasteiger partial charge in [0.2, 0.25) is 5.82 Å². The fraction of sp³-hybridized carbons (Fsp3) is 0. The highest BCUT2D eigenvalue weighted by Gasteiger charge is 2.26. The lowest BCUT2D eigenvalue weighted by Crippen LogP contribution is -2.16. The number of halogens is 2. The third-order valence-electron chi connectivity index (χ3n) is 2.25. The normalized spacial score (nSPS) is 10.2. The van der Waals surface area contributed by atoms with E-state index in [0.717, 1.165) is 0 Å². The Kier molecular flexibility index (Phi) is 3.19. The second-order valence-corrected chi connectivity index (χ2v) is 3.45. The van der Waals surface area contributed by atoms with Crippen molar-refractivity contribution >= 4 is 17.3 Å². The number of nitro benzene ring substituents is 1. The van der Waals surface area contributed by atoms with Crippen molar-refractivity contribution in [3.05, 3.63) is 51.8 Å². The van der Waals surface area contributed by atoms with E-state index >= 15 is 0 Å². The van der Waals surface area contributed by atoms with E-state index in [-0.39, 0.29) is 5.69 Å². The van der Waals surface area contributed by atoms with Crippen molar-refractivity contribution in [1.29, 1.82) is 0 Å². The molecule has 0 atom stereocenters. The number of carbonyl (C=O) groups is 1. The SMILES string of the molecule is O=C(Nc1cn[nH]c1)c1c(F)ccc([N+](=O)[O-])c1F. The van der Waals surface area contributed by atoms with Gasteiger partial charge in [0, 0.05) is 12.3 Å². The van der Waals surface area contributed by atoms with Gasteiger partial charge in [-0.1, -0.05) is 0 Å². The molecular weight excluding hydrogens is 262 g/mol. The zero-order chi connectivity index (χ0) is 14.0. The summed E-state index contributed by atoms with van der Waals surface area (Å²) in [6.45, 7) is 0. The highest BCUT2D eigenvalue weighted by molar-refractivity contribution is 6.04. The number of nitrogens with one attached hydrogen (secondary N) is 2. The van der Waals surface area contributed by atoms with E-state index < -0.39 is 33.7 Å². The summed E-state index contributed by atoms with van der Waals surface area (Å²) in [5.41, 5.74) is -1.82. The van der Waals surface area contributed by atoms with E-state index in [1.807, 2.05) is 0 Å². The lowest BCUT2D eigenvalue weighted by atomic mass is 10.1. The smallest absolute Gasteiger partial charge is 0.305 e. The van der Waals surface area contributed by atoms with Crippen molar-refractivity contribution in [2.75, 3.05) is 5.32 Å². The van der Waals surface area contributed by atoms with Gasteiger partial charge in [0.25, 0.3) is 5.91 Å². The molecule has 19 heavy (non-hydrogen) atoms. The molecule has 1 amide bonds. The van der Waals surface area contributed by atoms with Crippen LogP contribution in [0.2, 0.25) is 0 Å². The number of aromatic amines is 1. The number of amides is 1. The molecule has 0 saturated carbocycles. The molecule has 2 aromatic rings. The molecule has 0 radical (unpaired) electrons. The maximum atomic E-state index is 13.7. The topological polar surface area (TPSA) is 101 Å². The highest BCUT2D eigenvalue weighted by atomic mass is 19.1. The summed E-state index contributed by atoms with van der Waals surface area (Å²) >= 11 is 0. The van der Waals surface area contributed by atoms with Crippen molar-refractivity contribution in [2.24, 2.45) is 0 Å². The van der Waals surface area contributed by atoms with Crippen LogP contribution in [0.4, 0.5) is 20.2 Å². The highest BCUT2D eigenvalue weighted by Crippen LogP contribution is 2.23. The van der Waals surface area contributed by atoms with E-state index in [4.69, 9.17) is 0 Å². The molecule has 0 fully saturated rings. The fourth-order valence-corrected chi connectivity index (χ4v) is 1.40. The van der Waals surface area contributed by atoms with Gasteiger partial charge in [0.1, 0.15) is 11.4 Å². The Morgan fingerprint density at radius 3 is 2.74 bits per heavy atom. The monoisotopic (exact) mass is 268 g/mol. The Morgan fingerprint density at radius 2 is 2.16 bits per heavy atom. The van der Waals surface area contributed by atoms with E-state index in [9.17, 15) is 23.7 Å². The van der Waals surface area contributed by atoms with Gasteiger partial charge >= 0.3 is 5.69 Å². The molecule has 2 rings (SSSR count). The maximum Gasteiger partial charge on any atom is 0.305 e. The molecule has 98 valence electrons. The Balaban J connectivity index is 2.41. The van der Waals surface area contributed by atoms with E-state index in [1.54, 1.807) is 0 Å². The molecule has 1 aromatic carbocycles. The number of anilines is 1. The van der Waals surface area contributed by atoms with Gasteiger partial charge in [0.05, 0.1) is 16.8 Å². The Hall–Kier alpha value is -2.84. The average Bonchev–Trinajstić information content (AvgIpc) is 2.81. The van der Waals surface area contributed by atoms with Crippen molar-refractivity contribution in [3.63, 3.8) is 0 Å². The molecule has 0 saturated heterocycles. The Labute approximate surface area is 104 Å². The second-order valence-electron chi connectivity index (χ2n) is 3.45. The van der Waals surface area contributed by atoms with Gasteiger partial charge in [0.15, 0.2) is 0 Å². The van der Waals surface area contributed by atoms with Crippen LogP contribution in [-0.2, 0) is 0 Å². The first-order chi connectivity index (χ1) is 9.00. The summed E-state index contributed by atoms with van der Waals surface area (Å²) < 4.78 is 27.1. The first kappa shape index (κ1) is 12.6. The molecule has 0 bridgehead atoms. The van der Waals surface area contributed by atoms with Crippen LogP contribution in [0.3, 0.4) is 0 Å². The number of rotatable bonds is 3. The van der Waals surface area contributed by atoms with Gasteiger partial charge in [-0.15, -0.1) is 0 Å². The van der Waals surface area contributed by atoms with Gasteiger partial charge in [-0.05, 0) is 6.07 Å². The van der Waals surface area contributed by atoms with Gasteiger partial charge < -0.3 is 5.32 Å². The molecule has 9 heteroatoms. The molecule has 0 aliphatic heterocycles. The molecule has 1 heterocycles. The van der Waals surface area contributed by atoms with E-state index in [2.05, 4.69) is 15.5 Å². The van der Waals surface area contributed by atoms with Gasteiger partial charge in [-0.25, -0.2) is 4.39 Å². The van der Waals surface area contributed by atoms with E-state index in [0.29, 0.717) is 12.1 Å². The minimum atomic E-state index is -1.52. The molecule has 2 N–H and O–H groups in total. The van der Waals surface area contributed by atoms with Crippen LogP contribution in [0.15, 0.2) is 24.5 Å². The molecule has 0 spiro atoms. The average molecular weight is 268 g/mol. The number of nitrogens with zero attached hydrogens (tertiary/aromatic N) is 2. The Morgan fingerprint density at radius 1 is 1.42 bits per heavy atom. The molecule has 0 unspecified atom stereocenters. The largest absolute Gasteiger partial charge is 0.319 e. The molecule has 0 aliphatic rings. The molecule has 7 nitrogen and oxygen atoms in total. The van der Waals surface area contributed by atoms with Crippen LogP contribution >= 0.6 is 0 Å². The third kappa shape index (κ3) is 2.39. The van der Waals surface area contributed by atoms with Crippen LogP contribution in [0.1, 0.15) is 10.4 Å². The summed E-state index contributed by atoms with van der Waals surface area (Å²) in [5.74, 6) is -3.85. The van der Waals surface area contributed by atoms with Gasteiger partial charge in [-0.2, -0.15) is 9.49 Å². The summed E-state index contributed by atoms with van der Waals surface area (Å²) in [5, 5.41) is 18.6.